The third-order valence-corrected chi connectivity index (χ3v) is 4.07. The molecule has 0 aliphatic heterocycles. The van der Waals surface area contributed by atoms with Gasteiger partial charge in [-0.3, -0.25) is 10.9 Å². The average molecular weight is 421 g/mol. The van der Waals surface area contributed by atoms with Crippen molar-refractivity contribution in [2.75, 3.05) is 10.9 Å². The van der Waals surface area contributed by atoms with Crippen LogP contribution in [0.25, 0.3) is 0 Å². The summed E-state index contributed by atoms with van der Waals surface area (Å²) in [4.78, 5) is 0. The second-order valence-electron chi connectivity index (χ2n) is 5.31. The number of hydrogen-bond donors (Lipinski definition) is 2. The highest BCUT2D eigenvalue weighted by molar-refractivity contribution is 6.33. The molecule has 10 heteroatoms. The predicted octanol–water partition coefficient (Wildman–Crippen LogP) is 4.95. The second kappa shape index (κ2) is 9.20. The number of anilines is 2. The van der Waals surface area contributed by atoms with Crippen LogP contribution in [-0.4, -0.2) is 22.6 Å². The van der Waals surface area contributed by atoms with Gasteiger partial charge in [-0.05, 0) is 36.4 Å². The molecule has 28 heavy (non-hydrogen) atoms. The quantitative estimate of drug-likeness (QED) is 0.436. The molecule has 0 bridgehead atoms. The number of halogens is 4. The van der Waals surface area contributed by atoms with Crippen LogP contribution in [0, 0.1) is 11.6 Å². The van der Waals surface area contributed by atoms with Crippen molar-refractivity contribution in [2.45, 2.75) is 0 Å². The van der Waals surface area contributed by atoms with Gasteiger partial charge < -0.3 is 0 Å². The SMILES string of the molecule is Fc1cccc(Cl)c1/C=N\Nc1ccc(N/N=C\c2c(F)cccc2Cl)nn1. The number of rotatable bonds is 6. The fraction of sp³-hybridized carbons (Fsp3) is 0. The minimum atomic E-state index is -0.489. The van der Waals surface area contributed by atoms with Crippen molar-refractivity contribution in [1.82, 2.24) is 10.2 Å². The highest BCUT2D eigenvalue weighted by Gasteiger charge is 2.04. The van der Waals surface area contributed by atoms with Crippen molar-refractivity contribution >= 4 is 47.3 Å². The number of benzene rings is 2. The number of aromatic nitrogens is 2. The van der Waals surface area contributed by atoms with Gasteiger partial charge in [0.15, 0.2) is 11.6 Å². The van der Waals surface area contributed by atoms with Gasteiger partial charge in [-0.25, -0.2) is 8.78 Å². The van der Waals surface area contributed by atoms with Crippen molar-refractivity contribution in [1.29, 1.82) is 0 Å². The lowest BCUT2D eigenvalue weighted by atomic mass is 10.2. The Balaban J connectivity index is 1.59. The molecule has 6 nitrogen and oxygen atoms in total. The Hall–Kier alpha value is -3.10. The highest BCUT2D eigenvalue weighted by atomic mass is 35.5. The highest BCUT2D eigenvalue weighted by Crippen LogP contribution is 2.18. The lowest BCUT2D eigenvalue weighted by molar-refractivity contribution is 0.625. The standard InChI is InChI=1S/C18H12Cl2F2N6/c19-13-3-1-5-15(21)11(13)9-23-25-17-7-8-18(28-27-17)26-24-10-12-14(20)4-2-6-16(12)22/h1-10H,(H,25,27)(H,26,28)/b23-9-,24-10-. The van der Waals surface area contributed by atoms with Gasteiger partial charge in [0.1, 0.15) is 11.6 Å². The van der Waals surface area contributed by atoms with Crippen molar-refractivity contribution < 1.29 is 8.78 Å². The summed E-state index contributed by atoms with van der Waals surface area (Å²) in [5, 5.41) is 16.0. The lowest BCUT2D eigenvalue weighted by Crippen LogP contribution is -2.00. The Morgan fingerprint density at radius 3 is 1.50 bits per heavy atom. The summed E-state index contributed by atoms with van der Waals surface area (Å²) in [6.45, 7) is 0. The van der Waals surface area contributed by atoms with Crippen molar-refractivity contribution in [3.63, 3.8) is 0 Å². The van der Waals surface area contributed by atoms with Crippen molar-refractivity contribution in [2.24, 2.45) is 10.2 Å². The van der Waals surface area contributed by atoms with E-state index in [1.165, 1.54) is 36.7 Å². The molecule has 142 valence electrons. The van der Waals surface area contributed by atoms with Gasteiger partial charge in [0, 0.05) is 11.1 Å². The monoisotopic (exact) mass is 420 g/mol. The van der Waals surface area contributed by atoms with Gasteiger partial charge in [-0.15, -0.1) is 10.2 Å². The molecule has 1 aromatic heterocycles. The maximum atomic E-state index is 13.6. The van der Waals surface area contributed by atoms with E-state index in [4.69, 9.17) is 23.2 Å². The van der Waals surface area contributed by atoms with Gasteiger partial charge in [-0.2, -0.15) is 10.2 Å². The van der Waals surface area contributed by atoms with Gasteiger partial charge in [0.2, 0.25) is 0 Å². The van der Waals surface area contributed by atoms with E-state index in [1.807, 2.05) is 0 Å². The molecule has 0 spiro atoms. The zero-order valence-electron chi connectivity index (χ0n) is 14.1. The van der Waals surface area contributed by atoms with E-state index >= 15 is 0 Å². The molecule has 0 atom stereocenters. The Morgan fingerprint density at radius 2 is 1.14 bits per heavy atom. The first-order valence-corrected chi connectivity index (χ1v) is 8.60. The lowest BCUT2D eigenvalue weighted by Gasteiger charge is -2.02. The van der Waals surface area contributed by atoms with E-state index in [-0.39, 0.29) is 21.2 Å². The van der Waals surface area contributed by atoms with Crippen LogP contribution in [0.15, 0.2) is 58.7 Å². The number of nitrogens with one attached hydrogen (secondary N) is 2. The van der Waals surface area contributed by atoms with E-state index < -0.39 is 11.6 Å². The van der Waals surface area contributed by atoms with Crippen LogP contribution in [0.1, 0.15) is 11.1 Å². The van der Waals surface area contributed by atoms with Crippen LogP contribution in [0.4, 0.5) is 20.4 Å². The second-order valence-corrected chi connectivity index (χ2v) is 6.13. The first kappa shape index (κ1) is 19.7. The van der Waals surface area contributed by atoms with E-state index in [0.29, 0.717) is 11.6 Å². The topological polar surface area (TPSA) is 74.6 Å². The van der Waals surface area contributed by atoms with Crippen LogP contribution >= 0.6 is 23.2 Å². The molecular formula is C18H12Cl2F2N6. The molecule has 0 radical (unpaired) electrons. The van der Waals surface area contributed by atoms with E-state index in [1.54, 1.807) is 24.3 Å². The Kier molecular flexibility index (Phi) is 6.46. The van der Waals surface area contributed by atoms with Crippen LogP contribution in [0.3, 0.4) is 0 Å². The van der Waals surface area contributed by atoms with Gasteiger partial charge >= 0.3 is 0 Å². The molecule has 3 aromatic rings. The number of hydrazone groups is 2. The van der Waals surface area contributed by atoms with Crippen molar-refractivity contribution in [3.8, 4) is 0 Å². The minimum Gasteiger partial charge on any atom is -0.260 e. The third-order valence-electron chi connectivity index (χ3n) is 3.41. The Morgan fingerprint density at radius 1 is 0.714 bits per heavy atom. The molecule has 3 rings (SSSR count). The average Bonchev–Trinajstić information content (AvgIpc) is 2.67. The molecule has 0 aliphatic rings. The summed E-state index contributed by atoms with van der Waals surface area (Å²) < 4.78 is 27.3. The molecule has 0 aliphatic carbocycles. The van der Waals surface area contributed by atoms with Crippen LogP contribution in [-0.2, 0) is 0 Å². The molecule has 2 aromatic carbocycles. The molecule has 0 amide bonds. The largest absolute Gasteiger partial charge is 0.260 e. The zero-order chi connectivity index (χ0) is 19.9. The first-order chi connectivity index (χ1) is 13.5. The summed E-state index contributed by atoms with van der Waals surface area (Å²) in [5.74, 6) is -0.348. The van der Waals surface area contributed by atoms with Gasteiger partial charge in [0.05, 0.1) is 22.5 Å². The number of nitrogens with zero attached hydrogens (tertiary/aromatic N) is 4. The maximum absolute atomic E-state index is 13.6. The predicted molar refractivity (Wildman–Crippen MR) is 107 cm³/mol. The fourth-order valence-electron chi connectivity index (χ4n) is 2.05. The molecule has 1 heterocycles. The minimum absolute atomic E-state index is 0.157. The normalized spacial score (nSPS) is 11.3. The van der Waals surface area contributed by atoms with E-state index in [2.05, 4.69) is 31.3 Å². The summed E-state index contributed by atoms with van der Waals surface area (Å²) in [6, 6.07) is 11.8. The van der Waals surface area contributed by atoms with E-state index in [9.17, 15) is 8.78 Å². The summed E-state index contributed by atoms with van der Waals surface area (Å²) in [7, 11) is 0. The molecule has 0 saturated carbocycles. The first-order valence-electron chi connectivity index (χ1n) is 7.84. The Bertz CT molecular complexity index is 902. The zero-order valence-corrected chi connectivity index (χ0v) is 15.6. The van der Waals surface area contributed by atoms with Crippen LogP contribution < -0.4 is 10.9 Å². The molecule has 0 saturated heterocycles. The summed E-state index contributed by atoms with van der Waals surface area (Å²) in [5.41, 5.74) is 5.53. The number of hydrogen-bond acceptors (Lipinski definition) is 6. The molecule has 0 fully saturated rings. The molecule has 2 N–H and O–H groups in total. The molecule has 0 unspecified atom stereocenters. The van der Waals surface area contributed by atoms with Gasteiger partial charge in [-0.1, -0.05) is 35.3 Å². The smallest absolute Gasteiger partial charge is 0.168 e. The van der Waals surface area contributed by atoms with Gasteiger partial charge in [0.25, 0.3) is 0 Å². The summed E-state index contributed by atoms with van der Waals surface area (Å²) in [6.07, 6.45) is 2.49. The van der Waals surface area contributed by atoms with Crippen LogP contribution in [0.5, 0.6) is 0 Å². The van der Waals surface area contributed by atoms with Crippen molar-refractivity contribution in [3.05, 3.63) is 81.3 Å². The van der Waals surface area contributed by atoms with E-state index in [0.717, 1.165) is 0 Å². The molecular weight excluding hydrogens is 409 g/mol. The van der Waals surface area contributed by atoms with Crippen LogP contribution in [0.2, 0.25) is 10.0 Å². The third kappa shape index (κ3) is 4.99. The maximum Gasteiger partial charge on any atom is 0.168 e. The fourth-order valence-corrected chi connectivity index (χ4v) is 2.47. The Labute approximate surface area is 168 Å². The summed E-state index contributed by atoms with van der Waals surface area (Å²) >= 11 is 11.8.